The molecule has 31 heavy (non-hydrogen) atoms. The van der Waals surface area contributed by atoms with E-state index in [-0.39, 0.29) is 17.2 Å². The number of alkyl halides is 3. The van der Waals surface area contributed by atoms with Gasteiger partial charge in [0.15, 0.2) is 11.0 Å². The van der Waals surface area contributed by atoms with Gasteiger partial charge in [0.25, 0.3) is 0 Å². The summed E-state index contributed by atoms with van der Waals surface area (Å²) in [5.41, 5.74) is 5.28. The summed E-state index contributed by atoms with van der Waals surface area (Å²) in [6.07, 6.45) is -5.42. The van der Waals surface area contributed by atoms with Crippen LogP contribution < -0.4 is 0 Å². The van der Waals surface area contributed by atoms with Gasteiger partial charge >= 0.3 is 6.18 Å². The Balaban J connectivity index is 2.56. The van der Waals surface area contributed by atoms with Crippen molar-refractivity contribution in [2.75, 3.05) is 6.16 Å². The maximum atomic E-state index is 13.6. The Morgan fingerprint density at radius 2 is 1.10 bits per heavy atom. The zero-order valence-electron chi connectivity index (χ0n) is 19.2. The van der Waals surface area contributed by atoms with E-state index in [1.165, 1.54) is 6.92 Å². The summed E-state index contributed by atoms with van der Waals surface area (Å²) in [4.78, 5) is 27.3. The zero-order valence-corrected chi connectivity index (χ0v) is 20.1. The Hall–Kier alpha value is -2.00. The number of benzene rings is 2. The van der Waals surface area contributed by atoms with Gasteiger partial charge in [0.2, 0.25) is 0 Å². The van der Waals surface area contributed by atoms with Crippen molar-refractivity contribution in [3.05, 3.63) is 68.8 Å². The first kappa shape index (κ1) is 25.3. The monoisotopic (exact) mass is 450 g/mol. The van der Waals surface area contributed by atoms with Gasteiger partial charge in [0.05, 0.1) is 0 Å². The Morgan fingerprint density at radius 3 is 1.39 bits per heavy atom. The third-order valence-electron chi connectivity index (χ3n) is 5.35. The molecule has 0 fully saturated rings. The van der Waals surface area contributed by atoms with Crippen LogP contribution in [-0.2, 0) is 0 Å². The van der Waals surface area contributed by atoms with Crippen molar-refractivity contribution in [3.8, 4) is 0 Å². The average molecular weight is 450 g/mol. The Morgan fingerprint density at radius 1 is 0.774 bits per heavy atom. The van der Waals surface area contributed by atoms with Crippen molar-refractivity contribution < 1.29 is 22.8 Å². The van der Waals surface area contributed by atoms with Crippen LogP contribution in [0.1, 0.15) is 67.4 Å². The minimum absolute atomic E-state index is 0.0774. The number of hydrogen-bond acceptors (Lipinski definition) is 2. The zero-order chi connectivity index (χ0) is 23.7. The fourth-order valence-corrected chi connectivity index (χ4v) is 6.85. The number of aryl methyl sites for hydroxylation is 6. The molecule has 0 bridgehead atoms. The van der Waals surface area contributed by atoms with Crippen LogP contribution in [-0.4, -0.2) is 23.4 Å². The van der Waals surface area contributed by atoms with Crippen LogP contribution >= 0.6 is 7.92 Å². The molecule has 168 valence electrons. The second kappa shape index (κ2) is 9.65. The fraction of sp³-hybridized carbons (Fsp3) is 0.440. The summed E-state index contributed by atoms with van der Waals surface area (Å²) in [7, 11) is -1.99. The summed E-state index contributed by atoms with van der Waals surface area (Å²) < 4.78 is 39.0. The van der Waals surface area contributed by atoms with E-state index in [1.807, 2.05) is 65.8 Å². The van der Waals surface area contributed by atoms with Crippen LogP contribution in [0.5, 0.6) is 0 Å². The van der Waals surface area contributed by atoms with Crippen molar-refractivity contribution in [3.63, 3.8) is 0 Å². The molecule has 0 spiro atoms. The maximum Gasteiger partial charge on any atom is 0.389 e. The van der Waals surface area contributed by atoms with E-state index in [4.69, 9.17) is 0 Å². The Labute approximate surface area is 184 Å². The number of rotatable bonds is 7. The van der Waals surface area contributed by atoms with Gasteiger partial charge in [-0.2, -0.15) is 13.2 Å². The van der Waals surface area contributed by atoms with E-state index in [1.54, 1.807) is 0 Å². The molecule has 0 aliphatic carbocycles. The molecule has 0 radical (unpaired) electrons. The van der Waals surface area contributed by atoms with Crippen LogP contribution in [0.3, 0.4) is 0 Å². The summed E-state index contributed by atoms with van der Waals surface area (Å²) in [5, 5.41) is 0. The van der Waals surface area contributed by atoms with Crippen molar-refractivity contribution in [1.29, 1.82) is 0 Å². The first-order valence-electron chi connectivity index (χ1n) is 10.3. The molecular formula is C25H30F3O2P. The lowest BCUT2D eigenvalue weighted by Gasteiger charge is -2.23. The summed E-state index contributed by atoms with van der Waals surface area (Å²) in [6.45, 7) is 12.6. The third-order valence-corrected chi connectivity index (χ3v) is 7.76. The number of carbonyl (C=O) groups excluding carboxylic acids is 2. The highest BCUT2D eigenvalue weighted by atomic mass is 31.1. The summed E-state index contributed by atoms with van der Waals surface area (Å²) in [5.74, 6) is -0.823. The van der Waals surface area contributed by atoms with Crippen molar-refractivity contribution in [2.45, 2.75) is 61.1 Å². The third kappa shape index (κ3) is 6.26. The molecule has 6 heteroatoms. The van der Waals surface area contributed by atoms with E-state index in [0.29, 0.717) is 11.1 Å². The smallest absolute Gasteiger partial charge is 0.289 e. The second-order valence-electron chi connectivity index (χ2n) is 8.69. The summed E-state index contributed by atoms with van der Waals surface area (Å²) >= 11 is 0. The molecule has 2 nitrogen and oxygen atoms in total. The van der Waals surface area contributed by atoms with Crippen molar-refractivity contribution in [2.24, 2.45) is 5.92 Å². The molecule has 1 unspecified atom stereocenters. The average Bonchev–Trinajstić information content (AvgIpc) is 2.55. The maximum absolute atomic E-state index is 13.6. The van der Waals surface area contributed by atoms with Gasteiger partial charge < -0.3 is 0 Å². The Bertz CT molecular complexity index is 893. The normalized spacial score (nSPS) is 12.9. The molecule has 0 N–H and O–H groups in total. The van der Waals surface area contributed by atoms with Gasteiger partial charge in [-0.1, -0.05) is 42.3 Å². The summed E-state index contributed by atoms with van der Waals surface area (Å²) in [6, 6.07) is 7.50. The van der Waals surface area contributed by atoms with E-state index in [0.717, 1.165) is 33.4 Å². The molecule has 0 aliphatic heterocycles. The van der Waals surface area contributed by atoms with Crippen LogP contribution in [0.2, 0.25) is 0 Å². The SMILES string of the molecule is Cc1cc(C)c(C(=O)P(CC(C)CC(F)(F)F)C(=O)c2c(C)cc(C)cc2C)c(C)c1. The molecular weight excluding hydrogens is 420 g/mol. The highest BCUT2D eigenvalue weighted by molar-refractivity contribution is 7.90. The lowest BCUT2D eigenvalue weighted by atomic mass is 10.0. The van der Waals surface area contributed by atoms with E-state index < -0.39 is 26.4 Å². The van der Waals surface area contributed by atoms with Crippen LogP contribution in [0.4, 0.5) is 13.2 Å². The first-order chi connectivity index (χ1) is 14.2. The molecule has 2 aromatic rings. The second-order valence-corrected chi connectivity index (χ2v) is 10.7. The predicted octanol–water partition coefficient (Wildman–Crippen LogP) is 7.59. The van der Waals surface area contributed by atoms with Crippen LogP contribution in [0.25, 0.3) is 0 Å². The van der Waals surface area contributed by atoms with Crippen LogP contribution in [0.15, 0.2) is 24.3 Å². The number of halogens is 3. The largest absolute Gasteiger partial charge is 0.389 e. The minimum Gasteiger partial charge on any atom is -0.289 e. The Kier molecular flexibility index (Phi) is 7.86. The van der Waals surface area contributed by atoms with Gasteiger partial charge in [-0.05, 0) is 75.9 Å². The van der Waals surface area contributed by atoms with E-state index >= 15 is 0 Å². The molecule has 0 heterocycles. The molecule has 2 aromatic carbocycles. The molecule has 0 saturated heterocycles. The van der Waals surface area contributed by atoms with Gasteiger partial charge in [-0.25, -0.2) is 0 Å². The molecule has 0 amide bonds. The molecule has 1 atom stereocenters. The topological polar surface area (TPSA) is 34.1 Å². The van der Waals surface area contributed by atoms with Gasteiger partial charge in [-0.3, -0.25) is 9.59 Å². The highest BCUT2D eigenvalue weighted by Gasteiger charge is 2.36. The number of carbonyl (C=O) groups is 2. The number of hydrogen-bond donors (Lipinski definition) is 0. The highest BCUT2D eigenvalue weighted by Crippen LogP contribution is 2.48. The van der Waals surface area contributed by atoms with Gasteiger partial charge in [0.1, 0.15) is 0 Å². The quantitative estimate of drug-likeness (QED) is 0.407. The fourth-order valence-electron chi connectivity index (χ4n) is 4.33. The minimum atomic E-state index is -4.34. The standard InChI is InChI=1S/C25H30F3O2P/c1-14-8-17(4)21(18(5)9-14)23(29)31(13-16(3)12-25(26,27)28)24(30)22-19(6)10-15(2)11-20(22)7/h8-11,16H,12-13H2,1-7H3. The molecule has 2 rings (SSSR count). The van der Waals surface area contributed by atoms with Crippen molar-refractivity contribution in [1.82, 2.24) is 0 Å². The molecule has 0 aromatic heterocycles. The van der Waals surface area contributed by atoms with Crippen molar-refractivity contribution >= 4 is 19.0 Å². The lowest BCUT2D eigenvalue weighted by molar-refractivity contribution is -0.141. The molecule has 0 aliphatic rings. The van der Waals surface area contributed by atoms with E-state index in [2.05, 4.69) is 0 Å². The van der Waals surface area contributed by atoms with Gasteiger partial charge in [0, 0.05) is 25.5 Å². The lowest BCUT2D eigenvalue weighted by Crippen LogP contribution is -2.20. The predicted molar refractivity (Wildman–Crippen MR) is 122 cm³/mol. The van der Waals surface area contributed by atoms with Gasteiger partial charge in [-0.15, -0.1) is 0 Å². The van der Waals surface area contributed by atoms with Crippen LogP contribution in [0, 0.1) is 47.5 Å². The first-order valence-corrected chi connectivity index (χ1v) is 11.8. The van der Waals surface area contributed by atoms with E-state index in [9.17, 15) is 22.8 Å². The molecule has 0 saturated carbocycles.